The van der Waals surface area contributed by atoms with Crippen LogP contribution in [0.1, 0.15) is 28.8 Å². The zero-order valence-corrected chi connectivity index (χ0v) is 14.8. The number of Topliss-reactive ketones (excluding diaryl/α,β-unsaturated/α-hetero) is 1. The molecule has 0 bridgehead atoms. The van der Waals surface area contributed by atoms with Crippen LogP contribution in [0, 0.1) is 0 Å². The third-order valence-corrected chi connectivity index (χ3v) is 5.52. The second-order valence-electron chi connectivity index (χ2n) is 5.47. The van der Waals surface area contributed by atoms with Crippen LogP contribution in [0.5, 0.6) is 0 Å². The van der Waals surface area contributed by atoms with Gasteiger partial charge in [0.25, 0.3) is 10.1 Å². The molecule has 2 rings (SSSR count). The van der Waals surface area contributed by atoms with Crippen LogP contribution in [0.15, 0.2) is 36.4 Å². The van der Waals surface area contributed by atoms with Crippen LogP contribution < -0.4 is 5.32 Å². The molecule has 2 unspecified atom stereocenters. The van der Waals surface area contributed by atoms with Gasteiger partial charge < -0.3 is 5.32 Å². The number of hydrogen-bond acceptors (Lipinski definition) is 5. The van der Waals surface area contributed by atoms with E-state index in [1.807, 2.05) is 12.2 Å². The van der Waals surface area contributed by atoms with Gasteiger partial charge in [0.05, 0.1) is 16.9 Å². The Hall–Kier alpha value is -1.64. The first-order valence-electron chi connectivity index (χ1n) is 7.43. The van der Waals surface area contributed by atoms with Crippen LogP contribution in [0.25, 0.3) is 0 Å². The molecule has 8 heteroatoms. The summed E-state index contributed by atoms with van der Waals surface area (Å²) in [7, 11) is -4.09. The highest BCUT2D eigenvalue weighted by Crippen LogP contribution is 2.24. The molecule has 1 aromatic rings. The Morgan fingerprint density at radius 2 is 2.00 bits per heavy atom. The highest BCUT2D eigenvalue weighted by molar-refractivity contribution is 8.01. The molecule has 1 aromatic carbocycles. The minimum absolute atomic E-state index is 0.0468. The van der Waals surface area contributed by atoms with Gasteiger partial charge in [-0.15, -0.1) is 11.8 Å². The lowest BCUT2D eigenvalue weighted by Crippen LogP contribution is -2.32. The number of hydrogen-bond donors (Lipinski definition) is 2. The van der Waals surface area contributed by atoms with Gasteiger partial charge in [-0.3, -0.25) is 14.1 Å². The summed E-state index contributed by atoms with van der Waals surface area (Å²) in [5, 5.41) is 2.32. The predicted molar refractivity (Wildman–Crippen MR) is 94.0 cm³/mol. The molecule has 0 aliphatic carbocycles. The first-order chi connectivity index (χ1) is 11.3. The summed E-state index contributed by atoms with van der Waals surface area (Å²) >= 11 is 1.58. The zero-order valence-electron chi connectivity index (χ0n) is 13.1. The van der Waals surface area contributed by atoms with Crippen molar-refractivity contribution in [1.82, 2.24) is 5.32 Å². The van der Waals surface area contributed by atoms with Crippen LogP contribution in [-0.4, -0.2) is 48.0 Å². The highest BCUT2D eigenvalue weighted by Gasteiger charge is 2.21. The van der Waals surface area contributed by atoms with E-state index < -0.39 is 21.8 Å². The van der Waals surface area contributed by atoms with E-state index in [1.165, 1.54) is 0 Å². The van der Waals surface area contributed by atoms with Crippen LogP contribution in [0.3, 0.4) is 0 Å². The SMILES string of the molecule is CC(C(=O)NCCS(=O)(=O)O)c1ccc(C(=O)C2C=CCS2)cc1. The summed E-state index contributed by atoms with van der Waals surface area (Å²) in [6.07, 6.45) is 3.87. The van der Waals surface area contributed by atoms with Gasteiger partial charge >= 0.3 is 0 Å². The fourth-order valence-electron chi connectivity index (χ4n) is 2.27. The number of benzene rings is 1. The molecule has 24 heavy (non-hydrogen) atoms. The molecule has 1 aliphatic heterocycles. The van der Waals surface area contributed by atoms with E-state index >= 15 is 0 Å². The van der Waals surface area contributed by atoms with E-state index in [4.69, 9.17) is 4.55 Å². The van der Waals surface area contributed by atoms with Crippen molar-refractivity contribution < 1.29 is 22.6 Å². The first kappa shape index (κ1) is 18.7. The molecule has 0 fully saturated rings. The van der Waals surface area contributed by atoms with Gasteiger partial charge in [0.2, 0.25) is 5.91 Å². The zero-order chi connectivity index (χ0) is 17.7. The molecule has 130 valence electrons. The van der Waals surface area contributed by atoms with Crippen molar-refractivity contribution in [2.45, 2.75) is 18.1 Å². The lowest BCUT2D eigenvalue weighted by Gasteiger charge is -2.13. The van der Waals surface area contributed by atoms with Crippen molar-refractivity contribution in [2.75, 3.05) is 18.1 Å². The summed E-state index contributed by atoms with van der Waals surface area (Å²) in [6.45, 7) is 1.54. The maximum atomic E-state index is 12.3. The number of amides is 1. The topological polar surface area (TPSA) is 101 Å². The minimum Gasteiger partial charge on any atom is -0.354 e. The molecule has 0 spiro atoms. The van der Waals surface area contributed by atoms with Crippen LogP contribution in [0.4, 0.5) is 0 Å². The van der Waals surface area contributed by atoms with E-state index in [0.717, 1.165) is 11.3 Å². The number of carbonyl (C=O) groups is 2. The van der Waals surface area contributed by atoms with Crippen molar-refractivity contribution in [1.29, 1.82) is 0 Å². The molecule has 2 N–H and O–H groups in total. The Labute approximate surface area is 145 Å². The Balaban J connectivity index is 1.95. The Morgan fingerprint density at radius 3 is 2.54 bits per heavy atom. The average Bonchev–Trinajstić information content (AvgIpc) is 3.06. The third-order valence-electron chi connectivity index (χ3n) is 3.69. The van der Waals surface area contributed by atoms with E-state index in [9.17, 15) is 18.0 Å². The molecule has 1 heterocycles. The van der Waals surface area contributed by atoms with Gasteiger partial charge in [-0.05, 0) is 12.5 Å². The minimum atomic E-state index is -4.09. The van der Waals surface area contributed by atoms with Gasteiger partial charge in [-0.2, -0.15) is 8.42 Å². The number of rotatable bonds is 7. The van der Waals surface area contributed by atoms with Gasteiger partial charge in [0, 0.05) is 17.9 Å². The van der Waals surface area contributed by atoms with Crippen LogP contribution >= 0.6 is 11.8 Å². The molecular weight excluding hydrogens is 350 g/mol. The maximum Gasteiger partial charge on any atom is 0.266 e. The van der Waals surface area contributed by atoms with Crippen LogP contribution in [0.2, 0.25) is 0 Å². The summed E-state index contributed by atoms with van der Waals surface area (Å²) in [5.74, 6) is -0.463. The quantitative estimate of drug-likeness (QED) is 0.431. The number of thioether (sulfide) groups is 1. The number of nitrogens with one attached hydrogen (secondary N) is 1. The standard InChI is InChI=1S/C16H19NO5S2/c1-11(16(19)17-8-10-24(20,21)22)12-4-6-13(7-5-12)15(18)14-3-2-9-23-14/h2-7,11,14H,8-10H2,1H3,(H,17,19)(H,20,21,22). The lowest BCUT2D eigenvalue weighted by atomic mass is 9.97. The number of carbonyl (C=O) groups excluding carboxylic acids is 2. The van der Waals surface area contributed by atoms with Gasteiger partial charge in [0.15, 0.2) is 5.78 Å². The molecular formula is C16H19NO5S2. The lowest BCUT2D eigenvalue weighted by molar-refractivity contribution is -0.122. The fourth-order valence-corrected chi connectivity index (χ4v) is 3.56. The number of ketones is 1. The van der Waals surface area contributed by atoms with Crippen molar-refractivity contribution in [3.05, 3.63) is 47.5 Å². The summed E-state index contributed by atoms with van der Waals surface area (Å²) in [4.78, 5) is 24.3. The van der Waals surface area contributed by atoms with E-state index in [2.05, 4.69) is 5.32 Å². The molecule has 0 aromatic heterocycles. The monoisotopic (exact) mass is 369 g/mol. The second-order valence-corrected chi connectivity index (χ2v) is 8.21. The van der Waals surface area contributed by atoms with Gasteiger partial charge in [-0.25, -0.2) is 0 Å². The smallest absolute Gasteiger partial charge is 0.266 e. The Kier molecular flexibility index (Phi) is 6.20. The third kappa shape index (κ3) is 5.19. The van der Waals surface area contributed by atoms with E-state index in [0.29, 0.717) is 5.56 Å². The molecule has 0 saturated heterocycles. The second kappa shape index (κ2) is 7.96. The van der Waals surface area contributed by atoms with Gasteiger partial charge in [0.1, 0.15) is 0 Å². The largest absolute Gasteiger partial charge is 0.354 e. The Bertz CT molecular complexity index is 740. The molecule has 1 aliphatic rings. The van der Waals surface area contributed by atoms with E-state index in [1.54, 1.807) is 43.0 Å². The molecule has 2 atom stereocenters. The van der Waals surface area contributed by atoms with Crippen LogP contribution in [-0.2, 0) is 14.9 Å². The van der Waals surface area contributed by atoms with E-state index in [-0.39, 0.29) is 23.5 Å². The van der Waals surface area contributed by atoms with Crippen molar-refractivity contribution in [3.8, 4) is 0 Å². The first-order valence-corrected chi connectivity index (χ1v) is 10.1. The van der Waals surface area contributed by atoms with Crippen molar-refractivity contribution in [2.24, 2.45) is 0 Å². The summed E-state index contributed by atoms with van der Waals surface area (Å²) < 4.78 is 29.9. The molecule has 0 radical (unpaired) electrons. The summed E-state index contributed by atoms with van der Waals surface area (Å²) in [6, 6.07) is 6.85. The predicted octanol–water partition coefficient (Wildman–Crippen LogP) is 1.65. The molecule has 1 amide bonds. The average molecular weight is 369 g/mol. The molecule has 6 nitrogen and oxygen atoms in total. The fraction of sp³-hybridized carbons (Fsp3) is 0.375. The van der Waals surface area contributed by atoms with Crippen molar-refractivity contribution >= 4 is 33.6 Å². The normalized spacial score (nSPS) is 18.3. The van der Waals surface area contributed by atoms with Gasteiger partial charge in [-0.1, -0.05) is 36.4 Å². The summed E-state index contributed by atoms with van der Waals surface area (Å²) in [5.41, 5.74) is 1.33. The highest BCUT2D eigenvalue weighted by atomic mass is 32.2. The molecule has 0 saturated carbocycles. The Morgan fingerprint density at radius 1 is 1.33 bits per heavy atom. The maximum absolute atomic E-state index is 12.3. The van der Waals surface area contributed by atoms with Crippen molar-refractivity contribution in [3.63, 3.8) is 0 Å².